The van der Waals surface area contributed by atoms with Crippen molar-refractivity contribution in [3.8, 4) is 0 Å². The third-order valence-corrected chi connectivity index (χ3v) is 4.32. The molecule has 2 amide bonds. The minimum Gasteiger partial charge on any atom is -0.384 e. The van der Waals surface area contributed by atoms with E-state index in [2.05, 4.69) is 10.6 Å². The van der Waals surface area contributed by atoms with E-state index in [0.29, 0.717) is 33.6 Å². The first-order valence-electron chi connectivity index (χ1n) is 8.95. The van der Waals surface area contributed by atoms with Gasteiger partial charge in [-0.2, -0.15) is 0 Å². The number of benzene rings is 3. The van der Waals surface area contributed by atoms with Crippen LogP contribution in [-0.2, 0) is 0 Å². The molecule has 10 heteroatoms. The Balaban J connectivity index is 0.00000256. The first-order chi connectivity index (χ1) is 14.3. The van der Waals surface area contributed by atoms with E-state index in [1.54, 1.807) is 72.8 Å². The normalized spacial score (nSPS) is 9.50. The third-order valence-electron chi connectivity index (χ3n) is 4.32. The van der Waals surface area contributed by atoms with E-state index in [1.165, 1.54) is 0 Å². The van der Waals surface area contributed by atoms with E-state index >= 15 is 0 Å². The highest BCUT2D eigenvalue weighted by Gasteiger charge is 2.10. The van der Waals surface area contributed by atoms with Crippen LogP contribution in [0.3, 0.4) is 0 Å². The predicted octanol–water partition coefficient (Wildman–Crippen LogP) is 3.60. The highest BCUT2D eigenvalue weighted by molar-refractivity contribution is 6.07. The summed E-state index contributed by atoms with van der Waals surface area (Å²) in [6.45, 7) is 0. The van der Waals surface area contributed by atoms with Crippen LogP contribution in [0.4, 0.5) is 11.4 Å². The standard InChI is InChI=1S/C22H20N6O2.2ClH/c23-19(24)13-5-9-17(10-6-13)27-21(29)15-1-2-16(4-3-15)22(30)28-18-11-7-14(8-12-18)20(25)26;;/h1-12H,(H3,23,24)(H3,25,26)(H,27,29)(H,28,30);2*1H. The van der Waals surface area contributed by atoms with Gasteiger partial charge in [0.25, 0.3) is 11.8 Å². The van der Waals surface area contributed by atoms with Crippen LogP contribution in [0.15, 0.2) is 72.8 Å². The van der Waals surface area contributed by atoms with Crippen molar-refractivity contribution in [2.24, 2.45) is 11.5 Å². The quantitative estimate of drug-likeness (QED) is 0.239. The zero-order valence-electron chi connectivity index (χ0n) is 16.7. The number of amidine groups is 2. The Kier molecular flexibility index (Phi) is 9.40. The second-order valence-electron chi connectivity index (χ2n) is 6.47. The van der Waals surface area contributed by atoms with E-state index in [9.17, 15) is 9.59 Å². The molecule has 0 radical (unpaired) electrons. The van der Waals surface area contributed by atoms with Gasteiger partial charge >= 0.3 is 0 Å². The number of nitrogens with one attached hydrogen (secondary N) is 4. The van der Waals surface area contributed by atoms with Crippen LogP contribution in [0.5, 0.6) is 0 Å². The van der Waals surface area contributed by atoms with E-state index in [-0.39, 0.29) is 48.3 Å². The summed E-state index contributed by atoms with van der Waals surface area (Å²) in [4.78, 5) is 24.8. The lowest BCUT2D eigenvalue weighted by Crippen LogP contribution is -2.15. The van der Waals surface area contributed by atoms with Crippen LogP contribution >= 0.6 is 24.8 Å². The number of rotatable bonds is 6. The topological polar surface area (TPSA) is 158 Å². The number of anilines is 2. The summed E-state index contributed by atoms with van der Waals surface area (Å²) in [5, 5.41) is 20.3. The Labute approximate surface area is 197 Å². The second kappa shape index (κ2) is 11.5. The Morgan fingerprint density at radius 1 is 0.531 bits per heavy atom. The fraction of sp³-hybridized carbons (Fsp3) is 0. The molecule has 3 aromatic carbocycles. The number of nitrogens with two attached hydrogens (primary N) is 2. The number of amides is 2. The predicted molar refractivity (Wildman–Crippen MR) is 132 cm³/mol. The SMILES string of the molecule is Cl.Cl.N=C(N)c1ccc(NC(=O)c2ccc(C(=O)Nc3ccc(C(=N)N)cc3)cc2)cc1. The smallest absolute Gasteiger partial charge is 0.255 e. The summed E-state index contributed by atoms with van der Waals surface area (Å²) in [5.74, 6) is -0.734. The van der Waals surface area contributed by atoms with Crippen molar-refractivity contribution in [3.05, 3.63) is 95.1 Å². The van der Waals surface area contributed by atoms with E-state index in [0.717, 1.165) is 0 Å². The number of hydrogen-bond acceptors (Lipinski definition) is 4. The van der Waals surface area contributed by atoms with Gasteiger partial charge in [0.1, 0.15) is 11.7 Å². The van der Waals surface area contributed by atoms with Gasteiger partial charge in [-0.05, 0) is 72.8 Å². The van der Waals surface area contributed by atoms with Gasteiger partial charge in [-0.25, -0.2) is 0 Å². The molecule has 166 valence electrons. The molecule has 0 spiro atoms. The van der Waals surface area contributed by atoms with Gasteiger partial charge in [0.05, 0.1) is 0 Å². The van der Waals surface area contributed by atoms with Crippen LogP contribution < -0.4 is 22.1 Å². The van der Waals surface area contributed by atoms with Gasteiger partial charge in [-0.3, -0.25) is 20.4 Å². The minimum atomic E-state index is -0.322. The molecule has 0 fully saturated rings. The van der Waals surface area contributed by atoms with Crippen molar-refractivity contribution >= 4 is 59.7 Å². The molecule has 0 aliphatic carbocycles. The first kappa shape index (κ1) is 26.2. The van der Waals surface area contributed by atoms with Crippen LogP contribution in [0.25, 0.3) is 0 Å². The molecule has 0 heterocycles. The molecule has 0 unspecified atom stereocenters. The zero-order valence-corrected chi connectivity index (χ0v) is 18.3. The van der Waals surface area contributed by atoms with E-state index in [4.69, 9.17) is 22.3 Å². The maximum atomic E-state index is 12.4. The summed E-state index contributed by atoms with van der Waals surface area (Å²) in [6.07, 6.45) is 0. The lowest BCUT2D eigenvalue weighted by Gasteiger charge is -2.08. The Morgan fingerprint density at radius 2 is 0.781 bits per heavy atom. The third kappa shape index (κ3) is 6.56. The van der Waals surface area contributed by atoms with Crippen molar-refractivity contribution in [1.82, 2.24) is 0 Å². The highest BCUT2D eigenvalue weighted by Crippen LogP contribution is 2.14. The molecule has 0 aliphatic rings. The molecule has 3 aromatic rings. The Bertz CT molecular complexity index is 1020. The minimum absolute atomic E-state index is 0. The molecular formula is C22H22Cl2N6O2. The molecule has 0 atom stereocenters. The van der Waals surface area contributed by atoms with Crippen molar-refractivity contribution < 1.29 is 9.59 Å². The average Bonchev–Trinajstić information content (AvgIpc) is 2.74. The van der Waals surface area contributed by atoms with Crippen molar-refractivity contribution in [2.75, 3.05) is 10.6 Å². The summed E-state index contributed by atoms with van der Waals surface area (Å²) in [7, 11) is 0. The zero-order chi connectivity index (χ0) is 21.7. The summed E-state index contributed by atoms with van der Waals surface area (Å²) < 4.78 is 0. The van der Waals surface area contributed by atoms with Gasteiger partial charge in [0.2, 0.25) is 0 Å². The van der Waals surface area contributed by atoms with Gasteiger partial charge in [-0.1, -0.05) is 0 Å². The van der Waals surface area contributed by atoms with E-state index in [1.807, 2.05) is 0 Å². The van der Waals surface area contributed by atoms with Gasteiger partial charge in [-0.15, -0.1) is 24.8 Å². The number of carbonyl (C=O) groups is 2. The fourth-order valence-corrected chi connectivity index (χ4v) is 2.65. The molecule has 0 bridgehead atoms. The van der Waals surface area contributed by atoms with Crippen molar-refractivity contribution in [3.63, 3.8) is 0 Å². The lowest BCUT2D eigenvalue weighted by molar-refractivity contribution is 0.101. The molecule has 8 N–H and O–H groups in total. The number of halogens is 2. The summed E-state index contributed by atoms with van der Waals surface area (Å²) >= 11 is 0. The Morgan fingerprint density at radius 3 is 1.03 bits per heavy atom. The second-order valence-corrected chi connectivity index (χ2v) is 6.47. The number of hydrogen-bond donors (Lipinski definition) is 6. The average molecular weight is 473 g/mol. The number of nitrogen functional groups attached to an aromatic ring is 2. The van der Waals surface area contributed by atoms with Gasteiger partial charge < -0.3 is 22.1 Å². The van der Waals surface area contributed by atoms with E-state index < -0.39 is 0 Å². The van der Waals surface area contributed by atoms with Crippen molar-refractivity contribution in [2.45, 2.75) is 0 Å². The van der Waals surface area contributed by atoms with Gasteiger partial charge in [0.15, 0.2) is 0 Å². The molecule has 0 saturated carbocycles. The first-order valence-corrected chi connectivity index (χ1v) is 8.95. The maximum absolute atomic E-state index is 12.4. The highest BCUT2D eigenvalue weighted by atomic mass is 35.5. The lowest BCUT2D eigenvalue weighted by atomic mass is 10.1. The monoisotopic (exact) mass is 472 g/mol. The molecule has 32 heavy (non-hydrogen) atoms. The van der Waals surface area contributed by atoms with Crippen LogP contribution in [0.2, 0.25) is 0 Å². The van der Waals surface area contributed by atoms with Crippen LogP contribution in [0, 0.1) is 10.8 Å². The molecular weight excluding hydrogens is 451 g/mol. The summed E-state index contributed by atoms with van der Waals surface area (Å²) in [5.41, 5.74) is 13.9. The van der Waals surface area contributed by atoms with Crippen LogP contribution in [-0.4, -0.2) is 23.5 Å². The summed E-state index contributed by atoms with van der Waals surface area (Å²) in [6, 6.07) is 19.5. The molecule has 0 aliphatic heterocycles. The Hall–Kier alpha value is -3.88. The van der Waals surface area contributed by atoms with Crippen molar-refractivity contribution in [1.29, 1.82) is 10.8 Å². The molecule has 3 rings (SSSR count). The molecule has 0 saturated heterocycles. The fourth-order valence-electron chi connectivity index (χ4n) is 2.65. The molecule has 8 nitrogen and oxygen atoms in total. The maximum Gasteiger partial charge on any atom is 0.255 e. The number of carbonyl (C=O) groups excluding carboxylic acids is 2. The van der Waals surface area contributed by atoms with Gasteiger partial charge in [0, 0.05) is 33.6 Å². The van der Waals surface area contributed by atoms with Crippen LogP contribution in [0.1, 0.15) is 31.8 Å². The largest absolute Gasteiger partial charge is 0.384 e. The molecule has 0 aromatic heterocycles.